The summed E-state index contributed by atoms with van der Waals surface area (Å²) < 4.78 is 0. The fourth-order valence-electron chi connectivity index (χ4n) is 9.88. The third-order valence-electron chi connectivity index (χ3n) is 11.3. The first-order valence-corrected chi connectivity index (χ1v) is 11.7. The number of aliphatic hydroxyl groups is 2. The Hall–Kier alpha value is -0.0800. The highest BCUT2D eigenvalue weighted by Crippen LogP contribution is 2.83. The standard InChI is InChI=1S/C24H42O2/c1-5-22(16-26)12-8-13-23(6-2)18-11-14-24(7-3)20(15-25)21(24,4)17(18)9-10-19(22)23/h17-20,25-26H,5-16H2,1-4H3. The molecule has 8 atom stereocenters. The molecule has 0 amide bonds. The molecule has 0 aromatic carbocycles. The van der Waals surface area contributed by atoms with Gasteiger partial charge >= 0.3 is 0 Å². The SMILES string of the molecule is CCC1(CO)CCCC2(CC)C3CCC4(CC)C(CO)C4(C)C3CCC12. The monoisotopic (exact) mass is 362 g/mol. The van der Waals surface area contributed by atoms with Gasteiger partial charge in [0.1, 0.15) is 0 Å². The molecule has 0 radical (unpaired) electrons. The quantitative estimate of drug-likeness (QED) is 0.686. The van der Waals surface area contributed by atoms with Crippen molar-refractivity contribution < 1.29 is 10.2 Å². The highest BCUT2D eigenvalue weighted by atomic mass is 16.3. The van der Waals surface area contributed by atoms with Crippen LogP contribution in [0.5, 0.6) is 0 Å². The Morgan fingerprint density at radius 3 is 2.19 bits per heavy atom. The minimum absolute atomic E-state index is 0.180. The molecule has 150 valence electrons. The van der Waals surface area contributed by atoms with Crippen LogP contribution in [0.25, 0.3) is 0 Å². The van der Waals surface area contributed by atoms with E-state index in [4.69, 9.17) is 0 Å². The Morgan fingerprint density at radius 1 is 0.846 bits per heavy atom. The average molecular weight is 363 g/mol. The summed E-state index contributed by atoms with van der Waals surface area (Å²) in [6, 6.07) is 0. The van der Waals surface area contributed by atoms with Gasteiger partial charge < -0.3 is 10.2 Å². The molecule has 8 unspecified atom stereocenters. The first-order chi connectivity index (χ1) is 12.5. The van der Waals surface area contributed by atoms with Crippen LogP contribution >= 0.6 is 0 Å². The van der Waals surface area contributed by atoms with Crippen molar-refractivity contribution in [2.75, 3.05) is 13.2 Å². The number of fused-ring (bicyclic) bond motifs is 5. The summed E-state index contributed by atoms with van der Waals surface area (Å²) in [5.41, 5.74) is 1.43. The van der Waals surface area contributed by atoms with Gasteiger partial charge in [0.15, 0.2) is 0 Å². The molecule has 2 heteroatoms. The van der Waals surface area contributed by atoms with Gasteiger partial charge in [-0.2, -0.15) is 0 Å². The van der Waals surface area contributed by atoms with Gasteiger partial charge in [-0.3, -0.25) is 0 Å². The van der Waals surface area contributed by atoms with Gasteiger partial charge in [0.05, 0.1) is 0 Å². The maximum Gasteiger partial charge on any atom is 0.0490 e. The number of hydrogen-bond acceptors (Lipinski definition) is 2. The molecule has 0 saturated heterocycles. The predicted octanol–water partition coefficient (Wildman–Crippen LogP) is 5.42. The summed E-state index contributed by atoms with van der Waals surface area (Å²) in [6.45, 7) is 10.5. The Labute approximate surface area is 161 Å². The Kier molecular flexibility index (Phi) is 4.60. The van der Waals surface area contributed by atoms with Gasteiger partial charge in [-0.05, 0) is 103 Å². The summed E-state index contributed by atoms with van der Waals surface area (Å²) >= 11 is 0. The van der Waals surface area contributed by atoms with Crippen molar-refractivity contribution in [1.82, 2.24) is 0 Å². The van der Waals surface area contributed by atoms with Crippen molar-refractivity contribution in [3.8, 4) is 0 Å². The topological polar surface area (TPSA) is 40.5 Å². The number of aliphatic hydroxyl groups excluding tert-OH is 2. The lowest BCUT2D eigenvalue weighted by Crippen LogP contribution is -2.57. The zero-order chi connectivity index (χ0) is 18.8. The molecule has 4 saturated carbocycles. The number of hydrogen-bond donors (Lipinski definition) is 2. The molecule has 0 heterocycles. The van der Waals surface area contributed by atoms with Gasteiger partial charge in [-0.25, -0.2) is 0 Å². The highest BCUT2D eigenvalue weighted by molar-refractivity contribution is 5.26. The fourth-order valence-corrected chi connectivity index (χ4v) is 9.88. The highest BCUT2D eigenvalue weighted by Gasteiger charge is 2.78. The van der Waals surface area contributed by atoms with E-state index in [0.29, 0.717) is 41.3 Å². The van der Waals surface area contributed by atoms with Crippen LogP contribution in [0.15, 0.2) is 0 Å². The van der Waals surface area contributed by atoms with Crippen molar-refractivity contribution in [3.05, 3.63) is 0 Å². The minimum atomic E-state index is 0.180. The summed E-state index contributed by atoms with van der Waals surface area (Å²) in [5, 5.41) is 20.6. The van der Waals surface area contributed by atoms with E-state index in [-0.39, 0.29) is 5.41 Å². The predicted molar refractivity (Wildman–Crippen MR) is 107 cm³/mol. The molecular weight excluding hydrogens is 320 g/mol. The van der Waals surface area contributed by atoms with E-state index in [1.54, 1.807) is 0 Å². The second-order valence-corrected chi connectivity index (χ2v) is 10.7. The molecule has 26 heavy (non-hydrogen) atoms. The van der Waals surface area contributed by atoms with Crippen LogP contribution in [0.3, 0.4) is 0 Å². The van der Waals surface area contributed by atoms with Crippen molar-refractivity contribution in [2.24, 2.45) is 45.3 Å². The first kappa shape index (κ1) is 19.2. The van der Waals surface area contributed by atoms with Crippen molar-refractivity contribution in [2.45, 2.75) is 91.9 Å². The van der Waals surface area contributed by atoms with Crippen LogP contribution in [-0.4, -0.2) is 23.4 Å². The van der Waals surface area contributed by atoms with E-state index < -0.39 is 0 Å². The number of rotatable bonds is 5. The average Bonchev–Trinajstić information content (AvgIpc) is 3.25. The van der Waals surface area contributed by atoms with Gasteiger partial charge in [0.2, 0.25) is 0 Å². The lowest BCUT2D eigenvalue weighted by atomic mass is 9.41. The summed E-state index contributed by atoms with van der Waals surface area (Å²) in [6.07, 6.45) is 13.0. The zero-order valence-electron chi connectivity index (χ0n) is 17.7. The lowest BCUT2D eigenvalue weighted by Gasteiger charge is -2.64. The largest absolute Gasteiger partial charge is 0.396 e. The summed E-state index contributed by atoms with van der Waals surface area (Å²) in [7, 11) is 0. The molecule has 2 N–H and O–H groups in total. The molecule has 2 nitrogen and oxygen atoms in total. The second-order valence-electron chi connectivity index (χ2n) is 10.7. The summed E-state index contributed by atoms with van der Waals surface area (Å²) in [4.78, 5) is 0. The van der Waals surface area contributed by atoms with Crippen LogP contribution in [0.1, 0.15) is 91.9 Å². The van der Waals surface area contributed by atoms with Gasteiger partial charge in [0, 0.05) is 13.2 Å². The molecular formula is C24H42O2. The molecule has 4 aliphatic rings. The van der Waals surface area contributed by atoms with Crippen LogP contribution in [0.2, 0.25) is 0 Å². The minimum Gasteiger partial charge on any atom is -0.396 e. The van der Waals surface area contributed by atoms with Crippen LogP contribution in [-0.2, 0) is 0 Å². The summed E-state index contributed by atoms with van der Waals surface area (Å²) in [5.74, 6) is 2.88. The first-order valence-electron chi connectivity index (χ1n) is 11.7. The normalized spacial score (nSPS) is 55.6. The molecule has 0 aliphatic heterocycles. The maximum atomic E-state index is 10.4. The van der Waals surface area contributed by atoms with E-state index in [1.165, 1.54) is 57.8 Å². The second kappa shape index (κ2) is 6.21. The molecule has 4 fully saturated rings. The maximum absolute atomic E-state index is 10.4. The molecule has 0 bridgehead atoms. The van der Waals surface area contributed by atoms with Crippen molar-refractivity contribution in [3.63, 3.8) is 0 Å². The van der Waals surface area contributed by atoms with E-state index in [9.17, 15) is 10.2 Å². The van der Waals surface area contributed by atoms with Gasteiger partial charge in [0.25, 0.3) is 0 Å². The van der Waals surface area contributed by atoms with Crippen LogP contribution in [0, 0.1) is 45.3 Å². The van der Waals surface area contributed by atoms with Crippen LogP contribution < -0.4 is 0 Å². The third kappa shape index (κ3) is 1.97. The Bertz CT molecular complexity index is 540. The fraction of sp³-hybridized carbons (Fsp3) is 1.00. The molecule has 0 spiro atoms. The van der Waals surface area contributed by atoms with Crippen LogP contribution in [0.4, 0.5) is 0 Å². The van der Waals surface area contributed by atoms with Gasteiger partial charge in [-0.1, -0.05) is 34.1 Å². The van der Waals surface area contributed by atoms with E-state index >= 15 is 0 Å². The van der Waals surface area contributed by atoms with Gasteiger partial charge in [-0.15, -0.1) is 0 Å². The lowest BCUT2D eigenvalue weighted by molar-refractivity contribution is -0.164. The van der Waals surface area contributed by atoms with Crippen molar-refractivity contribution >= 4 is 0 Å². The molecule has 0 aromatic rings. The van der Waals surface area contributed by atoms with Crippen molar-refractivity contribution in [1.29, 1.82) is 0 Å². The smallest absolute Gasteiger partial charge is 0.0490 e. The molecule has 4 rings (SSSR count). The molecule has 4 aliphatic carbocycles. The Balaban J connectivity index is 1.73. The molecule has 0 aromatic heterocycles. The van der Waals surface area contributed by atoms with E-state index in [2.05, 4.69) is 27.7 Å². The van der Waals surface area contributed by atoms with E-state index in [1.807, 2.05) is 0 Å². The van der Waals surface area contributed by atoms with E-state index in [0.717, 1.165) is 18.3 Å². The Morgan fingerprint density at radius 2 is 1.62 bits per heavy atom. The zero-order valence-corrected chi connectivity index (χ0v) is 17.7. The third-order valence-corrected chi connectivity index (χ3v) is 11.3.